The summed E-state index contributed by atoms with van der Waals surface area (Å²) < 4.78 is 24.7. The number of nitrogens with two attached hydrogens (primary N) is 1. The number of nitrogens with zero attached hydrogens (tertiary/aromatic N) is 1. The summed E-state index contributed by atoms with van der Waals surface area (Å²) in [7, 11) is 0. The third kappa shape index (κ3) is 2.36. The van der Waals surface area contributed by atoms with E-state index in [-0.39, 0.29) is 21.9 Å². The van der Waals surface area contributed by atoms with Crippen LogP contribution in [0.15, 0.2) is 10.7 Å². The molecule has 1 aromatic rings. The molecule has 13 heavy (non-hydrogen) atoms. The number of hydrogen-bond donors (Lipinski definition) is 1. The highest BCUT2D eigenvalue weighted by Gasteiger charge is 2.14. The van der Waals surface area contributed by atoms with Gasteiger partial charge < -0.3 is 5.73 Å². The van der Waals surface area contributed by atoms with Crippen LogP contribution in [0.5, 0.6) is 0 Å². The summed E-state index contributed by atoms with van der Waals surface area (Å²) in [4.78, 5) is 3.61. The number of aromatic nitrogens is 1. The number of hydrogen-bond acceptors (Lipinski definition) is 2. The lowest BCUT2D eigenvalue weighted by molar-refractivity contribution is 0.146. The quantitative estimate of drug-likeness (QED) is 0.840. The van der Waals surface area contributed by atoms with Crippen molar-refractivity contribution in [3.05, 3.63) is 26.9 Å². The zero-order valence-electron chi connectivity index (χ0n) is 6.40. The first kappa shape index (κ1) is 10.8. The van der Waals surface area contributed by atoms with Crippen molar-refractivity contribution >= 4 is 27.5 Å². The van der Waals surface area contributed by atoms with Gasteiger partial charge in [-0.3, -0.25) is 0 Å². The smallest absolute Gasteiger partial charge is 0.280 e. The van der Waals surface area contributed by atoms with E-state index in [1.807, 2.05) is 0 Å². The van der Waals surface area contributed by atoms with Crippen molar-refractivity contribution in [2.24, 2.45) is 5.73 Å². The molecule has 6 heteroatoms. The Labute approximate surface area is 87.2 Å². The van der Waals surface area contributed by atoms with Gasteiger partial charge in [-0.05, 0) is 22.0 Å². The van der Waals surface area contributed by atoms with Crippen LogP contribution in [0.1, 0.15) is 17.7 Å². The van der Waals surface area contributed by atoms with Crippen LogP contribution in [0.4, 0.5) is 8.78 Å². The normalized spacial score (nSPS) is 10.9. The first-order valence-corrected chi connectivity index (χ1v) is 4.56. The molecule has 0 bridgehead atoms. The Morgan fingerprint density at radius 2 is 2.23 bits per heavy atom. The highest BCUT2D eigenvalue weighted by Crippen LogP contribution is 2.27. The SMILES string of the molecule is NCc1c(Cl)cc(C(F)F)nc1Br. The van der Waals surface area contributed by atoms with Gasteiger partial charge in [-0.1, -0.05) is 11.6 Å². The molecule has 0 amide bonds. The molecule has 0 aliphatic heterocycles. The molecule has 2 nitrogen and oxygen atoms in total. The van der Waals surface area contributed by atoms with Gasteiger partial charge in [0.05, 0.1) is 0 Å². The van der Waals surface area contributed by atoms with E-state index in [9.17, 15) is 8.78 Å². The molecule has 72 valence electrons. The molecule has 0 fully saturated rings. The van der Waals surface area contributed by atoms with E-state index in [0.717, 1.165) is 6.07 Å². The molecule has 0 atom stereocenters. The van der Waals surface area contributed by atoms with Crippen molar-refractivity contribution < 1.29 is 8.78 Å². The van der Waals surface area contributed by atoms with E-state index in [1.54, 1.807) is 0 Å². The number of alkyl halides is 2. The molecule has 2 N–H and O–H groups in total. The van der Waals surface area contributed by atoms with Crippen molar-refractivity contribution in [3.63, 3.8) is 0 Å². The van der Waals surface area contributed by atoms with Gasteiger partial charge in [0.15, 0.2) is 0 Å². The summed E-state index contributed by atoms with van der Waals surface area (Å²) in [5.41, 5.74) is 5.52. The van der Waals surface area contributed by atoms with Crippen molar-refractivity contribution in [2.75, 3.05) is 0 Å². The van der Waals surface area contributed by atoms with Crippen LogP contribution in [-0.2, 0) is 6.54 Å². The lowest BCUT2D eigenvalue weighted by atomic mass is 10.2. The first-order valence-electron chi connectivity index (χ1n) is 3.39. The fraction of sp³-hybridized carbons (Fsp3) is 0.286. The van der Waals surface area contributed by atoms with Gasteiger partial charge in [0.2, 0.25) is 0 Å². The second-order valence-corrected chi connectivity index (χ2v) is 3.46. The van der Waals surface area contributed by atoms with E-state index in [2.05, 4.69) is 20.9 Å². The minimum absolute atomic E-state index is 0.163. The maximum absolute atomic E-state index is 12.2. The van der Waals surface area contributed by atoms with E-state index < -0.39 is 6.43 Å². The summed E-state index contributed by atoms with van der Waals surface area (Å²) in [6.45, 7) is 0.163. The van der Waals surface area contributed by atoms with Crippen LogP contribution in [0, 0.1) is 0 Å². The molecule has 0 saturated heterocycles. The fourth-order valence-corrected chi connectivity index (χ4v) is 1.79. The van der Waals surface area contributed by atoms with Gasteiger partial charge in [0, 0.05) is 17.1 Å². The summed E-state index contributed by atoms with van der Waals surface area (Å²) in [5, 5.41) is 0.208. The third-order valence-electron chi connectivity index (χ3n) is 1.47. The maximum atomic E-state index is 12.2. The van der Waals surface area contributed by atoms with Crippen molar-refractivity contribution in [1.29, 1.82) is 0 Å². The summed E-state index contributed by atoms with van der Waals surface area (Å²) >= 11 is 8.71. The minimum Gasteiger partial charge on any atom is -0.326 e. The zero-order chi connectivity index (χ0) is 10.0. The zero-order valence-corrected chi connectivity index (χ0v) is 8.74. The summed E-state index contributed by atoms with van der Waals surface area (Å²) in [6, 6.07) is 1.12. The molecule has 1 rings (SSSR count). The van der Waals surface area contributed by atoms with Crippen LogP contribution >= 0.6 is 27.5 Å². The summed E-state index contributed by atoms with van der Waals surface area (Å²) in [6.07, 6.45) is -2.62. The van der Waals surface area contributed by atoms with Gasteiger partial charge in [-0.15, -0.1) is 0 Å². The Bertz CT molecular complexity index is 296. The lowest BCUT2D eigenvalue weighted by Gasteiger charge is -2.06. The molecule has 0 spiro atoms. The minimum atomic E-state index is -2.62. The average Bonchev–Trinajstić information content (AvgIpc) is 2.03. The highest BCUT2D eigenvalue weighted by atomic mass is 79.9. The fourth-order valence-electron chi connectivity index (χ4n) is 0.822. The lowest BCUT2D eigenvalue weighted by Crippen LogP contribution is -2.02. The van der Waals surface area contributed by atoms with Crippen molar-refractivity contribution in [2.45, 2.75) is 13.0 Å². The van der Waals surface area contributed by atoms with Crippen LogP contribution in [0.3, 0.4) is 0 Å². The van der Waals surface area contributed by atoms with Crippen LogP contribution in [0.2, 0.25) is 5.02 Å². The van der Waals surface area contributed by atoms with Crippen LogP contribution in [-0.4, -0.2) is 4.98 Å². The Kier molecular flexibility index (Phi) is 3.58. The molecule has 0 radical (unpaired) electrons. The molecule has 0 unspecified atom stereocenters. The molecule has 0 aliphatic rings. The molecular weight excluding hydrogens is 265 g/mol. The molecule has 1 aromatic heterocycles. The van der Waals surface area contributed by atoms with Gasteiger partial charge in [-0.25, -0.2) is 13.8 Å². The Morgan fingerprint density at radius 1 is 1.62 bits per heavy atom. The Hall–Kier alpha value is -0.260. The molecule has 0 aromatic carbocycles. The van der Waals surface area contributed by atoms with Crippen molar-refractivity contribution in [3.8, 4) is 0 Å². The predicted molar refractivity (Wildman–Crippen MR) is 49.8 cm³/mol. The highest BCUT2D eigenvalue weighted by molar-refractivity contribution is 9.10. The number of rotatable bonds is 2. The largest absolute Gasteiger partial charge is 0.326 e. The average molecular weight is 271 g/mol. The maximum Gasteiger partial charge on any atom is 0.280 e. The second kappa shape index (κ2) is 4.30. The van der Waals surface area contributed by atoms with Gasteiger partial charge in [0.1, 0.15) is 10.3 Å². The van der Waals surface area contributed by atoms with Gasteiger partial charge in [-0.2, -0.15) is 0 Å². The van der Waals surface area contributed by atoms with Crippen LogP contribution in [0.25, 0.3) is 0 Å². The molecule has 0 saturated carbocycles. The Morgan fingerprint density at radius 3 is 2.62 bits per heavy atom. The summed E-state index contributed by atoms with van der Waals surface area (Å²) in [5.74, 6) is 0. The van der Waals surface area contributed by atoms with E-state index in [1.165, 1.54) is 0 Å². The molecule has 0 aliphatic carbocycles. The number of pyridine rings is 1. The van der Waals surface area contributed by atoms with Crippen molar-refractivity contribution in [1.82, 2.24) is 4.98 Å². The van der Waals surface area contributed by atoms with Gasteiger partial charge >= 0.3 is 0 Å². The second-order valence-electron chi connectivity index (χ2n) is 2.30. The standard InChI is InChI=1S/C7H6BrClF2N2/c8-6-3(2-12)4(9)1-5(13-6)7(10)11/h1,7H,2,12H2. The monoisotopic (exact) mass is 270 g/mol. The van der Waals surface area contributed by atoms with E-state index in [0.29, 0.717) is 5.56 Å². The van der Waals surface area contributed by atoms with Gasteiger partial charge in [0.25, 0.3) is 6.43 Å². The number of halogens is 4. The molecule has 1 heterocycles. The Balaban J connectivity index is 3.20. The van der Waals surface area contributed by atoms with E-state index >= 15 is 0 Å². The predicted octanol–water partition coefficient (Wildman–Crippen LogP) is 2.89. The van der Waals surface area contributed by atoms with E-state index in [4.69, 9.17) is 17.3 Å². The third-order valence-corrected chi connectivity index (χ3v) is 2.46. The first-order chi connectivity index (χ1) is 6.06. The topological polar surface area (TPSA) is 38.9 Å². The molecular formula is C7H6BrClF2N2. The van der Waals surface area contributed by atoms with Crippen LogP contribution < -0.4 is 5.73 Å².